The van der Waals surface area contributed by atoms with E-state index in [1.54, 1.807) is 17.3 Å². The number of likely N-dealkylation sites (tertiary alicyclic amines) is 1. The minimum absolute atomic E-state index is 0.0383. The van der Waals surface area contributed by atoms with Gasteiger partial charge < -0.3 is 9.80 Å². The number of anilines is 1. The van der Waals surface area contributed by atoms with Crippen LogP contribution in [0.15, 0.2) is 41.4 Å². The third-order valence-electron chi connectivity index (χ3n) is 4.45. The first-order chi connectivity index (χ1) is 10.7. The van der Waals surface area contributed by atoms with Crippen LogP contribution in [0.2, 0.25) is 0 Å². The summed E-state index contributed by atoms with van der Waals surface area (Å²) in [4.78, 5) is 32.7. The molecule has 112 valence electrons. The molecule has 4 heterocycles. The molecular formula is C16H15N3O2S. The molecule has 0 aliphatic carbocycles. The van der Waals surface area contributed by atoms with Crippen molar-refractivity contribution in [3.05, 3.63) is 46.9 Å². The maximum Gasteiger partial charge on any atom is 0.254 e. The number of rotatable bonds is 2. The first-order valence-electron chi connectivity index (χ1n) is 7.27. The molecule has 22 heavy (non-hydrogen) atoms. The van der Waals surface area contributed by atoms with Gasteiger partial charge in [0.1, 0.15) is 0 Å². The summed E-state index contributed by atoms with van der Waals surface area (Å²) in [6, 6.07) is 5.58. The van der Waals surface area contributed by atoms with E-state index < -0.39 is 0 Å². The summed E-state index contributed by atoms with van der Waals surface area (Å²) in [7, 11) is 0. The molecule has 0 unspecified atom stereocenters. The van der Waals surface area contributed by atoms with Crippen LogP contribution >= 0.6 is 11.3 Å². The van der Waals surface area contributed by atoms with Crippen molar-refractivity contribution in [3.8, 4) is 0 Å². The summed E-state index contributed by atoms with van der Waals surface area (Å²) >= 11 is 1.52. The summed E-state index contributed by atoms with van der Waals surface area (Å²) in [6.07, 6.45) is 3.42. The maximum absolute atomic E-state index is 12.6. The lowest BCUT2D eigenvalue weighted by Gasteiger charge is -2.21. The van der Waals surface area contributed by atoms with Crippen LogP contribution in [-0.2, 0) is 4.79 Å². The smallest absolute Gasteiger partial charge is 0.254 e. The van der Waals surface area contributed by atoms with Gasteiger partial charge in [-0.15, -0.1) is 0 Å². The average molecular weight is 313 g/mol. The lowest BCUT2D eigenvalue weighted by atomic mass is 10.0. The van der Waals surface area contributed by atoms with E-state index in [-0.39, 0.29) is 23.7 Å². The number of nitrogens with zero attached hydrogens (tertiary/aromatic N) is 3. The fourth-order valence-electron chi connectivity index (χ4n) is 3.34. The predicted molar refractivity (Wildman–Crippen MR) is 83.8 cm³/mol. The van der Waals surface area contributed by atoms with Gasteiger partial charge >= 0.3 is 0 Å². The molecule has 0 bridgehead atoms. The summed E-state index contributed by atoms with van der Waals surface area (Å²) < 4.78 is 0. The summed E-state index contributed by atoms with van der Waals surface area (Å²) in [6.45, 7) is 1.85. The van der Waals surface area contributed by atoms with E-state index in [0.717, 1.165) is 11.3 Å². The highest BCUT2D eigenvalue weighted by molar-refractivity contribution is 7.08. The Morgan fingerprint density at radius 3 is 2.86 bits per heavy atom. The van der Waals surface area contributed by atoms with E-state index in [2.05, 4.69) is 4.98 Å². The number of hydrogen-bond donors (Lipinski definition) is 0. The Hall–Kier alpha value is -2.21. The third kappa shape index (κ3) is 2.11. The van der Waals surface area contributed by atoms with Gasteiger partial charge in [-0.2, -0.15) is 11.3 Å². The third-order valence-corrected chi connectivity index (χ3v) is 5.14. The summed E-state index contributed by atoms with van der Waals surface area (Å²) in [5, 5.41) is 3.76. The van der Waals surface area contributed by atoms with Crippen molar-refractivity contribution in [2.45, 2.75) is 0 Å². The molecule has 4 rings (SSSR count). The molecule has 2 aromatic rings. The number of thiophene rings is 1. The van der Waals surface area contributed by atoms with E-state index in [1.807, 2.05) is 33.9 Å². The molecule has 2 aromatic heterocycles. The Bertz CT molecular complexity index is 701. The van der Waals surface area contributed by atoms with Crippen LogP contribution in [0.4, 0.5) is 5.69 Å². The molecule has 0 spiro atoms. The number of amides is 2. The van der Waals surface area contributed by atoms with Crippen LogP contribution in [0.25, 0.3) is 0 Å². The van der Waals surface area contributed by atoms with Crippen molar-refractivity contribution in [1.29, 1.82) is 0 Å². The molecule has 5 nitrogen and oxygen atoms in total. The Morgan fingerprint density at radius 2 is 2.18 bits per heavy atom. The molecular weight excluding hydrogens is 298 g/mol. The first kappa shape index (κ1) is 13.5. The van der Waals surface area contributed by atoms with Crippen molar-refractivity contribution < 1.29 is 9.59 Å². The van der Waals surface area contributed by atoms with Gasteiger partial charge in [0.25, 0.3) is 5.91 Å². The minimum atomic E-state index is -0.0807. The van der Waals surface area contributed by atoms with Crippen molar-refractivity contribution in [2.24, 2.45) is 11.8 Å². The number of carbonyl (C=O) groups excluding carboxylic acids is 2. The highest BCUT2D eigenvalue weighted by Crippen LogP contribution is 2.35. The predicted octanol–water partition coefficient (Wildman–Crippen LogP) is 1.88. The number of carbonyl (C=O) groups is 2. The quantitative estimate of drug-likeness (QED) is 0.850. The number of hydrogen-bond acceptors (Lipinski definition) is 4. The van der Waals surface area contributed by atoms with E-state index in [0.29, 0.717) is 19.6 Å². The molecule has 2 amide bonds. The Balaban J connectivity index is 1.50. The zero-order valence-corrected chi connectivity index (χ0v) is 12.7. The standard InChI is InChI=1S/C16H15N3O2S/c20-15(11-3-5-22-10-11)18-7-12-8-19(16(21)14(12)9-18)13-2-1-4-17-6-13/h1-6,10,12,14H,7-9H2/t12-,14-/m1/s1. The van der Waals surface area contributed by atoms with Crippen LogP contribution in [0.5, 0.6) is 0 Å². The zero-order valence-electron chi connectivity index (χ0n) is 11.9. The zero-order chi connectivity index (χ0) is 15.1. The Kier molecular flexibility index (Phi) is 3.18. The second-order valence-corrected chi connectivity index (χ2v) is 6.53. The van der Waals surface area contributed by atoms with Crippen molar-refractivity contribution in [2.75, 3.05) is 24.5 Å². The second kappa shape index (κ2) is 5.21. The van der Waals surface area contributed by atoms with Gasteiger partial charge in [-0.05, 0) is 23.6 Å². The molecule has 2 aliphatic heterocycles. The number of aromatic nitrogens is 1. The van der Waals surface area contributed by atoms with Crippen LogP contribution in [0, 0.1) is 11.8 Å². The van der Waals surface area contributed by atoms with Crippen LogP contribution in [-0.4, -0.2) is 41.3 Å². The van der Waals surface area contributed by atoms with E-state index >= 15 is 0 Å². The minimum Gasteiger partial charge on any atom is -0.337 e. The van der Waals surface area contributed by atoms with Gasteiger partial charge in [-0.3, -0.25) is 14.6 Å². The Labute approximate surface area is 132 Å². The average Bonchev–Trinajstić information content (AvgIpc) is 3.25. The van der Waals surface area contributed by atoms with Crippen molar-refractivity contribution >= 4 is 28.8 Å². The molecule has 2 aliphatic rings. The molecule has 0 saturated carbocycles. The molecule has 0 N–H and O–H groups in total. The van der Waals surface area contributed by atoms with Crippen molar-refractivity contribution in [1.82, 2.24) is 9.88 Å². The maximum atomic E-state index is 12.6. The van der Waals surface area contributed by atoms with Gasteiger partial charge in [0.15, 0.2) is 0 Å². The molecule has 2 fully saturated rings. The molecule has 2 saturated heterocycles. The molecule has 6 heteroatoms. The second-order valence-electron chi connectivity index (χ2n) is 5.75. The molecule has 2 atom stereocenters. The first-order valence-corrected chi connectivity index (χ1v) is 8.21. The van der Waals surface area contributed by atoms with E-state index in [9.17, 15) is 9.59 Å². The lowest BCUT2D eigenvalue weighted by molar-refractivity contribution is -0.120. The molecule has 0 radical (unpaired) electrons. The van der Waals surface area contributed by atoms with Gasteiger partial charge in [-0.25, -0.2) is 0 Å². The number of pyridine rings is 1. The van der Waals surface area contributed by atoms with Crippen LogP contribution in [0.3, 0.4) is 0 Å². The topological polar surface area (TPSA) is 53.5 Å². The SMILES string of the molecule is O=C(c1ccsc1)N1C[C@@H]2CN(c3cccnc3)C(=O)[C@@H]2C1. The van der Waals surface area contributed by atoms with Gasteiger partial charge in [0.2, 0.25) is 5.91 Å². The normalized spacial score (nSPS) is 23.9. The summed E-state index contributed by atoms with van der Waals surface area (Å²) in [5.41, 5.74) is 1.57. The Morgan fingerprint density at radius 1 is 1.27 bits per heavy atom. The van der Waals surface area contributed by atoms with Crippen molar-refractivity contribution in [3.63, 3.8) is 0 Å². The van der Waals surface area contributed by atoms with Crippen LogP contribution in [0.1, 0.15) is 10.4 Å². The highest BCUT2D eigenvalue weighted by Gasteiger charge is 2.47. The van der Waals surface area contributed by atoms with Crippen LogP contribution < -0.4 is 4.90 Å². The van der Waals surface area contributed by atoms with E-state index in [1.165, 1.54) is 11.3 Å². The summed E-state index contributed by atoms with van der Waals surface area (Å²) in [5.74, 6) is 0.285. The van der Waals surface area contributed by atoms with Gasteiger partial charge in [0.05, 0.1) is 23.4 Å². The fourth-order valence-corrected chi connectivity index (χ4v) is 3.97. The highest BCUT2D eigenvalue weighted by atomic mass is 32.1. The lowest BCUT2D eigenvalue weighted by Crippen LogP contribution is -2.35. The van der Waals surface area contributed by atoms with Gasteiger partial charge in [0, 0.05) is 37.1 Å². The number of fused-ring (bicyclic) bond motifs is 1. The largest absolute Gasteiger partial charge is 0.337 e. The van der Waals surface area contributed by atoms with E-state index in [4.69, 9.17) is 0 Å². The molecule has 0 aromatic carbocycles. The monoisotopic (exact) mass is 313 g/mol. The fraction of sp³-hybridized carbons (Fsp3) is 0.312. The van der Waals surface area contributed by atoms with Gasteiger partial charge in [-0.1, -0.05) is 0 Å².